The molecule has 128 valence electrons. The fourth-order valence-electron chi connectivity index (χ4n) is 3.27. The second-order valence-electron chi connectivity index (χ2n) is 6.34. The molecule has 0 unspecified atom stereocenters. The molecule has 2 aromatic rings. The topological polar surface area (TPSA) is 15.6 Å². The first kappa shape index (κ1) is 19.0. The van der Waals surface area contributed by atoms with Crippen molar-refractivity contribution in [1.82, 2.24) is 4.90 Å². The van der Waals surface area contributed by atoms with Crippen LogP contribution in [0.3, 0.4) is 0 Å². The zero-order chi connectivity index (χ0) is 16.1. The molecule has 0 N–H and O–H groups in total. The van der Waals surface area contributed by atoms with Crippen LogP contribution in [0, 0.1) is 0 Å². The van der Waals surface area contributed by atoms with E-state index in [9.17, 15) is 0 Å². The minimum atomic E-state index is -0.135. The Balaban J connectivity index is 0.00000208. The summed E-state index contributed by atoms with van der Waals surface area (Å²) in [4.78, 5) is 7.12. The first-order valence-electron chi connectivity index (χ1n) is 8.19. The number of piperidine rings is 1. The van der Waals surface area contributed by atoms with Crippen molar-refractivity contribution in [3.63, 3.8) is 0 Å². The molecule has 0 spiro atoms. The Morgan fingerprint density at radius 3 is 2.12 bits per heavy atom. The van der Waals surface area contributed by atoms with Gasteiger partial charge in [-0.2, -0.15) is 0 Å². The van der Waals surface area contributed by atoms with Crippen molar-refractivity contribution in [3.05, 3.63) is 71.8 Å². The first-order valence-corrected chi connectivity index (χ1v) is 8.57. The number of benzene rings is 2. The average Bonchev–Trinajstić information content (AvgIpc) is 2.62. The smallest absolute Gasteiger partial charge is 0.111 e. The van der Waals surface area contributed by atoms with Gasteiger partial charge in [0.05, 0.1) is 12.0 Å². The summed E-state index contributed by atoms with van der Waals surface area (Å²) in [6.45, 7) is 2.74. The zero-order valence-corrected chi connectivity index (χ0v) is 15.6. The van der Waals surface area contributed by atoms with Crippen LogP contribution in [0.25, 0.3) is 0 Å². The van der Waals surface area contributed by atoms with Gasteiger partial charge in [-0.3, -0.25) is 4.99 Å². The summed E-state index contributed by atoms with van der Waals surface area (Å²) in [5.74, 6) is 0. The molecular weight excluding hydrogens is 339 g/mol. The molecule has 0 atom stereocenters. The minimum Gasteiger partial charge on any atom is -0.306 e. The highest BCUT2D eigenvalue weighted by molar-refractivity contribution is 6.67. The van der Waals surface area contributed by atoms with Gasteiger partial charge < -0.3 is 4.90 Å². The fraction of sp³-hybridized carbons (Fsp3) is 0.350. The van der Waals surface area contributed by atoms with Crippen LogP contribution in [0.5, 0.6) is 0 Å². The molecule has 0 radical (unpaired) electrons. The molecule has 1 aliphatic heterocycles. The number of halogens is 2. The third kappa shape index (κ3) is 4.18. The van der Waals surface area contributed by atoms with E-state index in [0.717, 1.165) is 31.1 Å². The molecule has 3 rings (SSSR count). The minimum absolute atomic E-state index is 0. The second kappa shape index (κ2) is 8.66. The normalized spacial score (nSPS) is 18.0. The van der Waals surface area contributed by atoms with Crippen molar-refractivity contribution >= 4 is 29.2 Å². The van der Waals surface area contributed by atoms with Gasteiger partial charge in [0.1, 0.15) is 5.17 Å². The van der Waals surface area contributed by atoms with Crippen LogP contribution in [0.1, 0.15) is 24.0 Å². The van der Waals surface area contributed by atoms with E-state index in [1.165, 1.54) is 11.1 Å². The molecule has 24 heavy (non-hydrogen) atoms. The van der Waals surface area contributed by atoms with Crippen molar-refractivity contribution < 1.29 is 0 Å². The first-order chi connectivity index (χ1) is 11.2. The quantitative estimate of drug-likeness (QED) is 0.705. The Kier molecular flexibility index (Phi) is 6.85. The van der Waals surface area contributed by atoms with E-state index in [-0.39, 0.29) is 17.8 Å². The summed E-state index contributed by atoms with van der Waals surface area (Å²) in [5.41, 5.74) is 2.35. The van der Waals surface area contributed by atoms with E-state index in [1.54, 1.807) is 0 Å². The third-order valence-electron chi connectivity index (χ3n) is 4.81. The van der Waals surface area contributed by atoms with Gasteiger partial charge in [-0.1, -0.05) is 72.3 Å². The molecular formula is C20H24Cl2N2. The number of hydrogen-bond acceptors (Lipinski definition) is 2. The van der Waals surface area contributed by atoms with E-state index >= 15 is 0 Å². The average molecular weight is 363 g/mol. The predicted octanol–water partition coefficient (Wildman–Crippen LogP) is 4.91. The Morgan fingerprint density at radius 1 is 1.00 bits per heavy atom. The van der Waals surface area contributed by atoms with Crippen LogP contribution in [0.15, 0.2) is 65.7 Å². The Hall–Kier alpha value is -1.35. The van der Waals surface area contributed by atoms with Gasteiger partial charge in [-0.15, -0.1) is 12.4 Å². The summed E-state index contributed by atoms with van der Waals surface area (Å²) >= 11 is 6.78. The van der Waals surface area contributed by atoms with Crippen molar-refractivity contribution in [1.29, 1.82) is 0 Å². The van der Waals surface area contributed by atoms with Crippen LogP contribution in [-0.4, -0.2) is 30.2 Å². The van der Waals surface area contributed by atoms with Gasteiger partial charge in [0, 0.05) is 0 Å². The van der Waals surface area contributed by atoms with Gasteiger partial charge in [0.2, 0.25) is 0 Å². The van der Waals surface area contributed by atoms with Gasteiger partial charge in [-0.25, -0.2) is 0 Å². The highest BCUT2D eigenvalue weighted by Crippen LogP contribution is 2.38. The zero-order valence-electron chi connectivity index (χ0n) is 14.0. The fourth-order valence-corrected chi connectivity index (χ4v) is 3.62. The van der Waals surface area contributed by atoms with E-state index in [4.69, 9.17) is 16.6 Å². The molecule has 1 saturated heterocycles. The molecule has 0 amide bonds. The van der Waals surface area contributed by atoms with Crippen molar-refractivity contribution in [2.75, 3.05) is 20.1 Å². The van der Waals surface area contributed by atoms with Crippen molar-refractivity contribution in [2.24, 2.45) is 4.99 Å². The van der Waals surface area contributed by atoms with Gasteiger partial charge in [-0.05, 0) is 44.1 Å². The summed E-state index contributed by atoms with van der Waals surface area (Å²) in [6.07, 6.45) is 2.04. The summed E-state index contributed by atoms with van der Waals surface area (Å²) in [6, 6.07) is 20.9. The molecule has 1 fully saturated rings. The van der Waals surface area contributed by atoms with E-state index in [0.29, 0.717) is 6.54 Å². The van der Waals surface area contributed by atoms with Crippen molar-refractivity contribution in [2.45, 2.75) is 24.8 Å². The molecule has 0 aromatic heterocycles. The molecule has 2 nitrogen and oxygen atoms in total. The van der Waals surface area contributed by atoms with Crippen LogP contribution in [0.2, 0.25) is 0 Å². The van der Waals surface area contributed by atoms with Crippen molar-refractivity contribution in [3.8, 4) is 0 Å². The molecule has 0 aliphatic carbocycles. The van der Waals surface area contributed by atoms with E-state index in [1.807, 2.05) is 18.2 Å². The van der Waals surface area contributed by atoms with Gasteiger partial charge >= 0.3 is 0 Å². The lowest BCUT2D eigenvalue weighted by Crippen LogP contribution is -2.44. The Labute approximate surface area is 156 Å². The maximum Gasteiger partial charge on any atom is 0.111 e. The monoisotopic (exact) mass is 362 g/mol. The van der Waals surface area contributed by atoms with Gasteiger partial charge in [0.25, 0.3) is 0 Å². The molecule has 0 saturated carbocycles. The molecule has 0 bridgehead atoms. The Morgan fingerprint density at radius 2 is 1.54 bits per heavy atom. The second-order valence-corrected chi connectivity index (χ2v) is 6.70. The lowest BCUT2D eigenvalue weighted by molar-refractivity contribution is 0.229. The summed E-state index contributed by atoms with van der Waals surface area (Å²) in [7, 11) is 2.17. The molecule has 4 heteroatoms. The number of rotatable bonds is 4. The highest BCUT2D eigenvalue weighted by atomic mass is 35.5. The summed E-state index contributed by atoms with van der Waals surface area (Å²) in [5, 5.41) is 0.751. The standard InChI is InChI=1S/C20H23ClN2.ClH/c1-23-14-12-20(13-15-23,18-10-6-3-7-11-18)19(21)22-16-17-8-4-2-5-9-17;/h2-11H,12-16H2,1H3;1H. The lowest BCUT2D eigenvalue weighted by Gasteiger charge is -2.40. The largest absolute Gasteiger partial charge is 0.306 e. The van der Waals surface area contributed by atoms with E-state index < -0.39 is 0 Å². The third-order valence-corrected chi connectivity index (χ3v) is 5.29. The highest BCUT2D eigenvalue weighted by Gasteiger charge is 2.39. The lowest BCUT2D eigenvalue weighted by atomic mass is 9.73. The maximum atomic E-state index is 6.78. The van der Waals surface area contributed by atoms with Crippen LogP contribution in [0.4, 0.5) is 0 Å². The number of nitrogens with zero attached hydrogens (tertiary/aromatic N) is 2. The van der Waals surface area contributed by atoms with E-state index in [2.05, 4.69) is 54.4 Å². The molecule has 2 aromatic carbocycles. The maximum absolute atomic E-state index is 6.78. The van der Waals surface area contributed by atoms with Crippen LogP contribution < -0.4 is 0 Å². The van der Waals surface area contributed by atoms with Crippen LogP contribution >= 0.6 is 24.0 Å². The molecule has 1 aliphatic rings. The predicted molar refractivity (Wildman–Crippen MR) is 106 cm³/mol. The SMILES string of the molecule is CN1CCC(C(Cl)=NCc2ccccc2)(c2ccccc2)CC1.Cl. The number of likely N-dealkylation sites (tertiary alicyclic amines) is 1. The summed E-state index contributed by atoms with van der Waals surface area (Å²) < 4.78 is 0. The number of hydrogen-bond donors (Lipinski definition) is 0. The Bertz CT molecular complexity index is 648. The number of aliphatic imine (C=N–C) groups is 1. The van der Waals surface area contributed by atoms with Crippen LogP contribution in [-0.2, 0) is 12.0 Å². The van der Waals surface area contributed by atoms with Gasteiger partial charge in [0.15, 0.2) is 0 Å². The molecule has 1 heterocycles.